The topological polar surface area (TPSA) is 59.6 Å². The number of fused-ring (bicyclic) bond motifs is 1. The first-order valence-corrected chi connectivity index (χ1v) is 7.42. The third kappa shape index (κ3) is 3.88. The van der Waals surface area contributed by atoms with Gasteiger partial charge in [0.1, 0.15) is 0 Å². The number of rotatable bonds is 3. The van der Waals surface area contributed by atoms with Crippen LogP contribution in [0.3, 0.4) is 0 Å². The molecule has 1 aromatic carbocycles. The van der Waals surface area contributed by atoms with E-state index in [1.54, 1.807) is 0 Å². The van der Waals surface area contributed by atoms with E-state index in [0.717, 1.165) is 31.9 Å². The zero-order valence-corrected chi connectivity index (χ0v) is 14.9. The molecular formula is C16H24IN3O. The minimum Gasteiger partial charge on any atom is -0.380 e. The van der Waals surface area contributed by atoms with Crippen LogP contribution in [0.15, 0.2) is 23.2 Å². The molecule has 3 N–H and O–H groups in total. The summed E-state index contributed by atoms with van der Waals surface area (Å²) in [7, 11) is 0. The number of aryl methyl sites for hydroxylation is 1. The van der Waals surface area contributed by atoms with Gasteiger partial charge in [0.2, 0.25) is 0 Å². The van der Waals surface area contributed by atoms with Crippen molar-refractivity contribution in [3.05, 3.63) is 29.3 Å². The molecule has 1 aliphatic heterocycles. The fraction of sp³-hybridized carbons (Fsp3) is 0.562. The number of aliphatic imine (C=N–C) groups is 1. The van der Waals surface area contributed by atoms with Gasteiger partial charge in [0, 0.05) is 11.1 Å². The van der Waals surface area contributed by atoms with Crippen molar-refractivity contribution >= 4 is 35.6 Å². The second kappa shape index (κ2) is 6.96. The molecule has 116 valence electrons. The van der Waals surface area contributed by atoms with Crippen LogP contribution < -0.4 is 11.1 Å². The molecule has 0 amide bonds. The van der Waals surface area contributed by atoms with Gasteiger partial charge in [0.05, 0.1) is 19.8 Å². The Labute approximate surface area is 143 Å². The summed E-state index contributed by atoms with van der Waals surface area (Å²) in [4.78, 5) is 4.47. The fourth-order valence-corrected chi connectivity index (χ4v) is 2.89. The van der Waals surface area contributed by atoms with Crippen LogP contribution in [0.2, 0.25) is 0 Å². The van der Waals surface area contributed by atoms with Crippen LogP contribution >= 0.6 is 24.0 Å². The van der Waals surface area contributed by atoms with Crippen molar-refractivity contribution in [3.8, 4) is 0 Å². The average Bonchev–Trinajstić information content (AvgIpc) is 2.43. The van der Waals surface area contributed by atoms with Crippen molar-refractivity contribution in [1.82, 2.24) is 0 Å². The SMILES string of the molecule is CC1(CN=C(N)Nc2cccc3c2CCCC3)COC1.I. The van der Waals surface area contributed by atoms with Crippen LogP contribution in [0.1, 0.15) is 30.9 Å². The highest BCUT2D eigenvalue weighted by Gasteiger charge is 2.33. The first kappa shape index (κ1) is 16.5. The standard InChI is InChI=1S/C16H23N3O.HI/c1-16(10-20-11-16)9-18-15(17)19-14-8-4-6-12-5-2-3-7-13(12)14;/h4,6,8H,2-3,5,7,9-11H2,1H3,(H3,17,18,19);1H. The van der Waals surface area contributed by atoms with Crippen molar-refractivity contribution in [1.29, 1.82) is 0 Å². The van der Waals surface area contributed by atoms with Gasteiger partial charge >= 0.3 is 0 Å². The Morgan fingerprint density at radius 2 is 2.10 bits per heavy atom. The lowest BCUT2D eigenvalue weighted by Gasteiger charge is -2.36. The molecule has 4 nitrogen and oxygen atoms in total. The molecule has 0 radical (unpaired) electrons. The molecule has 1 aliphatic carbocycles. The maximum absolute atomic E-state index is 6.02. The Balaban J connectivity index is 0.00000161. The molecule has 3 rings (SSSR count). The number of guanidine groups is 1. The van der Waals surface area contributed by atoms with Gasteiger partial charge in [-0.05, 0) is 42.9 Å². The summed E-state index contributed by atoms with van der Waals surface area (Å²) in [6, 6.07) is 6.42. The van der Waals surface area contributed by atoms with Gasteiger partial charge in [0.15, 0.2) is 5.96 Å². The lowest BCUT2D eigenvalue weighted by Crippen LogP contribution is -2.43. The van der Waals surface area contributed by atoms with Crippen LogP contribution in [0.25, 0.3) is 0 Å². The smallest absolute Gasteiger partial charge is 0.193 e. The molecule has 1 heterocycles. The van der Waals surface area contributed by atoms with Gasteiger partial charge in [-0.3, -0.25) is 4.99 Å². The Kier molecular flexibility index (Phi) is 5.48. The third-order valence-electron chi connectivity index (χ3n) is 4.19. The Morgan fingerprint density at radius 1 is 1.33 bits per heavy atom. The van der Waals surface area contributed by atoms with Crippen LogP contribution in [0, 0.1) is 5.41 Å². The lowest BCUT2D eigenvalue weighted by molar-refractivity contribution is -0.0944. The van der Waals surface area contributed by atoms with Crippen molar-refractivity contribution in [3.63, 3.8) is 0 Å². The molecular weight excluding hydrogens is 377 g/mol. The maximum atomic E-state index is 6.02. The Morgan fingerprint density at radius 3 is 2.81 bits per heavy atom. The molecule has 1 aromatic rings. The van der Waals surface area contributed by atoms with E-state index in [2.05, 4.69) is 35.4 Å². The predicted octanol–water partition coefficient (Wildman–Crippen LogP) is 2.95. The first-order valence-electron chi connectivity index (χ1n) is 7.42. The number of hydrogen-bond acceptors (Lipinski definition) is 2. The van der Waals surface area contributed by atoms with Gasteiger partial charge in [-0.1, -0.05) is 19.1 Å². The van der Waals surface area contributed by atoms with Crippen molar-refractivity contribution in [2.75, 3.05) is 25.1 Å². The Bertz CT molecular complexity index is 526. The summed E-state index contributed by atoms with van der Waals surface area (Å²) >= 11 is 0. The van der Waals surface area contributed by atoms with E-state index < -0.39 is 0 Å². The molecule has 0 unspecified atom stereocenters. The van der Waals surface area contributed by atoms with Crippen molar-refractivity contribution in [2.24, 2.45) is 16.1 Å². The summed E-state index contributed by atoms with van der Waals surface area (Å²) < 4.78 is 5.23. The van der Waals surface area contributed by atoms with Crippen molar-refractivity contribution in [2.45, 2.75) is 32.6 Å². The maximum Gasteiger partial charge on any atom is 0.193 e. The number of hydrogen-bond donors (Lipinski definition) is 2. The number of nitrogens with one attached hydrogen (secondary N) is 1. The zero-order valence-electron chi connectivity index (χ0n) is 12.5. The summed E-state index contributed by atoms with van der Waals surface area (Å²) in [6.07, 6.45) is 4.87. The van der Waals surface area contributed by atoms with Gasteiger partial charge in [-0.15, -0.1) is 24.0 Å². The van der Waals surface area contributed by atoms with E-state index in [9.17, 15) is 0 Å². The van der Waals surface area contributed by atoms with Crippen molar-refractivity contribution < 1.29 is 4.74 Å². The third-order valence-corrected chi connectivity index (χ3v) is 4.19. The average molecular weight is 401 g/mol. The minimum absolute atomic E-state index is 0. The van der Waals surface area contributed by atoms with E-state index in [4.69, 9.17) is 10.5 Å². The molecule has 2 aliphatic rings. The highest BCUT2D eigenvalue weighted by Crippen LogP contribution is 2.28. The van der Waals surface area contributed by atoms with E-state index in [0.29, 0.717) is 5.96 Å². The lowest BCUT2D eigenvalue weighted by atomic mass is 9.89. The number of ether oxygens (including phenoxy) is 1. The fourth-order valence-electron chi connectivity index (χ4n) is 2.89. The number of benzene rings is 1. The highest BCUT2D eigenvalue weighted by atomic mass is 127. The number of nitrogens with zero attached hydrogens (tertiary/aromatic N) is 1. The zero-order chi connectivity index (χ0) is 14.0. The van der Waals surface area contributed by atoms with Crippen LogP contribution in [-0.4, -0.2) is 25.7 Å². The molecule has 0 aromatic heterocycles. The Hall–Kier alpha value is -0.820. The number of halogens is 1. The molecule has 0 atom stereocenters. The molecule has 1 fully saturated rings. The van der Waals surface area contributed by atoms with Crippen LogP contribution in [0.4, 0.5) is 5.69 Å². The number of anilines is 1. The normalized spacial score (nSPS) is 20.0. The molecule has 1 saturated heterocycles. The molecule has 21 heavy (non-hydrogen) atoms. The summed E-state index contributed by atoms with van der Waals surface area (Å²) in [5.41, 5.74) is 10.2. The van der Waals surface area contributed by atoms with Gasteiger partial charge in [-0.2, -0.15) is 0 Å². The molecule has 0 spiro atoms. The van der Waals surface area contributed by atoms with Crippen LogP contribution in [-0.2, 0) is 17.6 Å². The van der Waals surface area contributed by atoms with E-state index in [-0.39, 0.29) is 29.4 Å². The largest absolute Gasteiger partial charge is 0.380 e. The summed E-state index contributed by atoms with van der Waals surface area (Å²) in [5.74, 6) is 0.511. The summed E-state index contributed by atoms with van der Waals surface area (Å²) in [5, 5.41) is 3.28. The molecule has 0 saturated carbocycles. The molecule has 5 heteroatoms. The van der Waals surface area contributed by atoms with Gasteiger partial charge < -0.3 is 15.8 Å². The van der Waals surface area contributed by atoms with E-state index in [1.165, 1.54) is 30.4 Å². The quantitative estimate of drug-likeness (QED) is 0.465. The predicted molar refractivity (Wildman–Crippen MR) is 97.5 cm³/mol. The second-order valence-electron chi connectivity index (χ2n) is 6.28. The minimum atomic E-state index is 0. The molecule has 0 bridgehead atoms. The van der Waals surface area contributed by atoms with Gasteiger partial charge in [-0.25, -0.2) is 0 Å². The van der Waals surface area contributed by atoms with E-state index >= 15 is 0 Å². The second-order valence-corrected chi connectivity index (χ2v) is 6.28. The highest BCUT2D eigenvalue weighted by molar-refractivity contribution is 14.0. The first-order chi connectivity index (χ1) is 9.66. The monoisotopic (exact) mass is 401 g/mol. The summed E-state index contributed by atoms with van der Waals surface area (Å²) in [6.45, 7) is 4.47. The number of nitrogens with two attached hydrogens (primary N) is 1. The van der Waals surface area contributed by atoms with Crippen LogP contribution in [0.5, 0.6) is 0 Å². The van der Waals surface area contributed by atoms with E-state index in [1.807, 2.05) is 0 Å². The van der Waals surface area contributed by atoms with Gasteiger partial charge in [0.25, 0.3) is 0 Å².